The van der Waals surface area contributed by atoms with Gasteiger partial charge in [0, 0.05) is 11.6 Å². The van der Waals surface area contributed by atoms with Crippen molar-refractivity contribution in [1.82, 2.24) is 0 Å². The molecule has 0 heterocycles. The minimum atomic E-state index is -0.542. The van der Waals surface area contributed by atoms with Crippen LogP contribution >= 0.6 is 0 Å². The number of esters is 1. The number of benzene rings is 2. The monoisotopic (exact) mass is 266 g/mol. The maximum absolute atomic E-state index is 11.8. The van der Waals surface area contributed by atoms with Crippen LogP contribution in [0, 0.1) is 0 Å². The number of methoxy groups -OCH3 is 1. The lowest BCUT2D eigenvalue weighted by molar-refractivity contribution is -0.134. The average molecular weight is 266 g/mol. The van der Waals surface area contributed by atoms with Crippen LogP contribution in [0.2, 0.25) is 0 Å². The Bertz CT molecular complexity index is 625. The van der Waals surface area contributed by atoms with Gasteiger partial charge in [-0.1, -0.05) is 54.6 Å². The molecular formula is C17H14O3. The zero-order valence-electron chi connectivity index (χ0n) is 11.1. The summed E-state index contributed by atoms with van der Waals surface area (Å²) in [5.74, 6) is -0.769. The molecule has 2 aromatic rings. The minimum Gasteiger partial charge on any atom is -0.466 e. The Morgan fingerprint density at radius 3 is 2.05 bits per heavy atom. The van der Waals surface area contributed by atoms with Crippen LogP contribution in [0.15, 0.2) is 66.7 Å². The molecule has 0 N–H and O–H groups in total. The molecule has 20 heavy (non-hydrogen) atoms. The predicted octanol–water partition coefficient (Wildman–Crippen LogP) is 3.27. The van der Waals surface area contributed by atoms with E-state index in [-0.39, 0.29) is 5.78 Å². The molecular weight excluding hydrogens is 252 g/mol. The maximum Gasteiger partial charge on any atom is 0.330 e. The second-order valence-corrected chi connectivity index (χ2v) is 4.16. The van der Waals surface area contributed by atoms with E-state index in [1.807, 2.05) is 42.5 Å². The molecule has 0 bridgehead atoms. The summed E-state index contributed by atoms with van der Waals surface area (Å²) in [5.41, 5.74) is 2.67. The Morgan fingerprint density at radius 2 is 1.45 bits per heavy atom. The average Bonchev–Trinajstić information content (AvgIpc) is 2.53. The van der Waals surface area contributed by atoms with Gasteiger partial charge in [-0.3, -0.25) is 4.79 Å². The van der Waals surface area contributed by atoms with Crippen molar-refractivity contribution >= 4 is 11.8 Å². The third kappa shape index (κ3) is 3.42. The predicted molar refractivity (Wildman–Crippen MR) is 77.4 cm³/mol. The number of carbonyl (C=O) groups is 2. The Morgan fingerprint density at radius 1 is 0.850 bits per heavy atom. The highest BCUT2D eigenvalue weighted by Gasteiger charge is 2.03. The molecule has 0 amide bonds. The summed E-state index contributed by atoms with van der Waals surface area (Å²) in [7, 11) is 1.27. The molecule has 0 saturated carbocycles. The third-order valence-corrected chi connectivity index (χ3v) is 2.85. The van der Waals surface area contributed by atoms with Crippen LogP contribution in [0.25, 0.3) is 11.1 Å². The summed E-state index contributed by atoms with van der Waals surface area (Å²) in [5, 5.41) is 0. The van der Waals surface area contributed by atoms with Gasteiger partial charge >= 0.3 is 5.97 Å². The SMILES string of the molecule is COC(=O)C=CC(=O)c1ccc(-c2ccccc2)cc1. The summed E-state index contributed by atoms with van der Waals surface area (Å²) in [4.78, 5) is 22.7. The first-order chi connectivity index (χ1) is 9.70. The molecule has 0 fully saturated rings. The van der Waals surface area contributed by atoms with E-state index in [0.717, 1.165) is 17.2 Å². The molecule has 0 saturated heterocycles. The fraction of sp³-hybridized carbons (Fsp3) is 0.0588. The van der Waals surface area contributed by atoms with Gasteiger partial charge in [0.25, 0.3) is 0 Å². The van der Waals surface area contributed by atoms with Crippen molar-refractivity contribution in [3.05, 3.63) is 72.3 Å². The number of allylic oxidation sites excluding steroid dienone is 1. The molecule has 0 aliphatic rings. The molecule has 2 aromatic carbocycles. The van der Waals surface area contributed by atoms with Gasteiger partial charge in [-0.2, -0.15) is 0 Å². The first-order valence-corrected chi connectivity index (χ1v) is 6.16. The summed E-state index contributed by atoms with van der Waals surface area (Å²) in [6, 6.07) is 17.2. The summed E-state index contributed by atoms with van der Waals surface area (Å²) < 4.78 is 4.44. The first-order valence-electron chi connectivity index (χ1n) is 6.16. The highest BCUT2D eigenvalue weighted by Crippen LogP contribution is 2.19. The molecule has 3 nitrogen and oxygen atoms in total. The van der Waals surface area contributed by atoms with Crippen molar-refractivity contribution in [2.75, 3.05) is 7.11 Å². The van der Waals surface area contributed by atoms with Crippen LogP contribution < -0.4 is 0 Å². The summed E-state index contributed by atoms with van der Waals surface area (Å²) >= 11 is 0. The molecule has 100 valence electrons. The molecule has 0 spiro atoms. The zero-order valence-corrected chi connectivity index (χ0v) is 11.1. The highest BCUT2D eigenvalue weighted by atomic mass is 16.5. The van der Waals surface area contributed by atoms with Gasteiger partial charge in [0.1, 0.15) is 0 Å². The van der Waals surface area contributed by atoms with Crippen molar-refractivity contribution in [1.29, 1.82) is 0 Å². The number of carbonyl (C=O) groups excluding carboxylic acids is 2. The fourth-order valence-electron chi connectivity index (χ4n) is 1.77. The second kappa shape index (κ2) is 6.48. The van der Waals surface area contributed by atoms with Crippen LogP contribution in [0.3, 0.4) is 0 Å². The zero-order chi connectivity index (χ0) is 14.4. The van der Waals surface area contributed by atoms with Crippen molar-refractivity contribution in [3.8, 4) is 11.1 Å². The van der Waals surface area contributed by atoms with E-state index >= 15 is 0 Å². The van der Waals surface area contributed by atoms with Gasteiger partial charge < -0.3 is 4.74 Å². The number of hydrogen-bond acceptors (Lipinski definition) is 3. The van der Waals surface area contributed by atoms with Crippen LogP contribution in [-0.4, -0.2) is 18.9 Å². The lowest BCUT2D eigenvalue weighted by atomic mass is 10.0. The molecule has 0 unspecified atom stereocenters. The number of ether oxygens (including phenoxy) is 1. The van der Waals surface area contributed by atoms with Crippen molar-refractivity contribution in [2.45, 2.75) is 0 Å². The van der Waals surface area contributed by atoms with Crippen LogP contribution in [0.5, 0.6) is 0 Å². The van der Waals surface area contributed by atoms with Crippen LogP contribution in [-0.2, 0) is 9.53 Å². The Balaban J connectivity index is 2.14. The lowest BCUT2D eigenvalue weighted by Gasteiger charge is -2.02. The van der Waals surface area contributed by atoms with Crippen molar-refractivity contribution < 1.29 is 14.3 Å². The molecule has 0 radical (unpaired) electrons. The normalized spacial score (nSPS) is 10.4. The van der Waals surface area contributed by atoms with Gasteiger partial charge in [-0.05, 0) is 17.2 Å². The molecule has 0 aliphatic carbocycles. The van der Waals surface area contributed by atoms with E-state index in [9.17, 15) is 9.59 Å². The summed E-state index contributed by atoms with van der Waals surface area (Å²) in [6.07, 6.45) is 2.33. The molecule has 2 rings (SSSR count). The quantitative estimate of drug-likeness (QED) is 0.484. The van der Waals surface area contributed by atoms with E-state index in [0.29, 0.717) is 5.56 Å². The van der Waals surface area contributed by atoms with Gasteiger partial charge in [0.2, 0.25) is 0 Å². The van der Waals surface area contributed by atoms with Crippen LogP contribution in [0.1, 0.15) is 10.4 Å². The largest absolute Gasteiger partial charge is 0.466 e. The van der Waals surface area contributed by atoms with E-state index in [4.69, 9.17) is 0 Å². The smallest absolute Gasteiger partial charge is 0.330 e. The van der Waals surface area contributed by atoms with Crippen LogP contribution in [0.4, 0.5) is 0 Å². The summed E-state index contributed by atoms with van der Waals surface area (Å²) in [6.45, 7) is 0. The van der Waals surface area contributed by atoms with Crippen molar-refractivity contribution in [3.63, 3.8) is 0 Å². The third-order valence-electron chi connectivity index (χ3n) is 2.85. The minimum absolute atomic E-state index is 0.227. The van der Waals surface area contributed by atoms with E-state index in [1.165, 1.54) is 13.2 Å². The number of rotatable bonds is 4. The number of hydrogen-bond donors (Lipinski definition) is 0. The molecule has 0 aromatic heterocycles. The van der Waals surface area contributed by atoms with E-state index in [2.05, 4.69) is 4.74 Å². The molecule has 0 atom stereocenters. The van der Waals surface area contributed by atoms with Gasteiger partial charge in [-0.15, -0.1) is 0 Å². The topological polar surface area (TPSA) is 43.4 Å². The molecule has 0 aliphatic heterocycles. The van der Waals surface area contributed by atoms with E-state index < -0.39 is 5.97 Å². The lowest BCUT2D eigenvalue weighted by Crippen LogP contribution is -1.98. The second-order valence-electron chi connectivity index (χ2n) is 4.16. The number of ketones is 1. The van der Waals surface area contributed by atoms with Crippen molar-refractivity contribution in [2.24, 2.45) is 0 Å². The Kier molecular flexibility index (Phi) is 4.45. The standard InChI is InChI=1S/C17H14O3/c1-20-17(19)12-11-16(18)15-9-7-14(8-10-15)13-5-3-2-4-6-13/h2-12H,1H3. The first kappa shape index (κ1) is 13.7. The maximum atomic E-state index is 11.8. The van der Waals surface area contributed by atoms with E-state index in [1.54, 1.807) is 12.1 Å². The highest BCUT2D eigenvalue weighted by molar-refractivity contribution is 6.07. The fourth-order valence-corrected chi connectivity index (χ4v) is 1.77. The van der Waals surface area contributed by atoms with Gasteiger partial charge in [-0.25, -0.2) is 4.79 Å². The van der Waals surface area contributed by atoms with Gasteiger partial charge in [0.05, 0.1) is 7.11 Å². The van der Waals surface area contributed by atoms with Gasteiger partial charge in [0.15, 0.2) is 5.78 Å². The Hall–Kier alpha value is -2.68. The molecule has 3 heteroatoms. The Labute approximate surface area is 117 Å².